The number of carbonyl (C=O) groups is 3. The first-order chi connectivity index (χ1) is 15.5. The van der Waals surface area contributed by atoms with E-state index in [0.29, 0.717) is 5.02 Å². The summed E-state index contributed by atoms with van der Waals surface area (Å²) in [6, 6.07) is 8.78. The number of phenolic OH excluding ortho intramolecular Hbond substituents is 1. The van der Waals surface area contributed by atoms with E-state index >= 15 is 0 Å². The minimum Gasteiger partial charge on any atom is -0.506 e. The number of hydrogen-bond donors (Lipinski definition) is 4. The van der Waals surface area contributed by atoms with E-state index in [4.69, 9.17) is 11.6 Å². The largest absolute Gasteiger partial charge is 0.506 e. The van der Waals surface area contributed by atoms with Crippen LogP contribution in [0.2, 0.25) is 5.02 Å². The smallest absolute Gasteiger partial charge is 0.325 e. The maximum absolute atomic E-state index is 12.7. The van der Waals surface area contributed by atoms with Crippen LogP contribution in [0.4, 0.5) is 16.2 Å². The first-order valence-corrected chi connectivity index (χ1v) is 11.9. The number of benzene rings is 2. The Hall–Kier alpha value is -3.31. The lowest BCUT2D eigenvalue weighted by atomic mass is 9.96. The summed E-state index contributed by atoms with van der Waals surface area (Å²) in [5, 5.41) is 15.4. The molecule has 2 aliphatic rings. The van der Waals surface area contributed by atoms with Gasteiger partial charge in [0.15, 0.2) is 0 Å². The van der Waals surface area contributed by atoms with E-state index < -0.39 is 40.0 Å². The van der Waals surface area contributed by atoms with E-state index in [1.165, 1.54) is 12.1 Å². The van der Waals surface area contributed by atoms with Crippen molar-refractivity contribution in [2.75, 3.05) is 16.6 Å². The summed E-state index contributed by atoms with van der Waals surface area (Å²) in [5.41, 5.74) is -0.983. The Morgan fingerprint density at radius 1 is 1.24 bits per heavy atom. The predicted molar refractivity (Wildman–Crippen MR) is 120 cm³/mol. The number of phenols is 1. The molecule has 1 heterocycles. The van der Waals surface area contributed by atoms with Gasteiger partial charge in [0.2, 0.25) is 5.91 Å². The Morgan fingerprint density at radius 2 is 1.97 bits per heavy atom. The van der Waals surface area contributed by atoms with Gasteiger partial charge in [-0.1, -0.05) is 17.7 Å². The van der Waals surface area contributed by atoms with Gasteiger partial charge in [-0.25, -0.2) is 13.2 Å². The second-order valence-electron chi connectivity index (χ2n) is 8.14. The van der Waals surface area contributed by atoms with Crippen molar-refractivity contribution >= 4 is 50.8 Å². The van der Waals surface area contributed by atoms with Gasteiger partial charge in [-0.05, 0) is 62.1 Å². The molecule has 1 unspecified atom stereocenters. The number of urea groups is 1. The Bertz CT molecular complexity index is 1260. The number of nitrogens with zero attached hydrogens (tertiary/aromatic N) is 1. The third-order valence-corrected chi connectivity index (χ3v) is 7.24. The zero-order valence-electron chi connectivity index (χ0n) is 17.5. The second-order valence-corrected chi connectivity index (χ2v) is 10.3. The molecule has 10 nitrogen and oxygen atoms in total. The van der Waals surface area contributed by atoms with Crippen molar-refractivity contribution in [2.24, 2.45) is 5.92 Å². The minimum atomic E-state index is -4.06. The molecule has 0 bridgehead atoms. The third kappa shape index (κ3) is 4.60. The molecule has 0 radical (unpaired) electrons. The first-order valence-electron chi connectivity index (χ1n) is 10.0. The van der Waals surface area contributed by atoms with Crippen molar-refractivity contribution in [1.29, 1.82) is 0 Å². The molecule has 2 fully saturated rings. The Kier molecular flexibility index (Phi) is 5.71. The van der Waals surface area contributed by atoms with Gasteiger partial charge in [-0.15, -0.1) is 0 Å². The monoisotopic (exact) mass is 492 g/mol. The molecule has 4 amide bonds. The van der Waals surface area contributed by atoms with Crippen LogP contribution in [-0.4, -0.2) is 48.4 Å². The number of anilines is 2. The number of aromatic hydroxyl groups is 1. The number of imide groups is 1. The molecular weight excluding hydrogens is 472 g/mol. The maximum Gasteiger partial charge on any atom is 0.325 e. The Balaban J connectivity index is 1.48. The van der Waals surface area contributed by atoms with Gasteiger partial charge >= 0.3 is 6.03 Å². The molecule has 1 saturated carbocycles. The quantitative estimate of drug-likeness (QED) is 0.345. The van der Waals surface area contributed by atoms with Crippen LogP contribution >= 0.6 is 11.6 Å². The van der Waals surface area contributed by atoms with E-state index in [0.717, 1.165) is 35.9 Å². The molecule has 1 aliphatic carbocycles. The normalized spacial score (nSPS) is 20.5. The first kappa shape index (κ1) is 22.9. The van der Waals surface area contributed by atoms with Crippen LogP contribution in [0.3, 0.4) is 0 Å². The van der Waals surface area contributed by atoms with Crippen molar-refractivity contribution in [2.45, 2.75) is 30.2 Å². The number of hydrogen-bond acceptors (Lipinski definition) is 6. The van der Waals surface area contributed by atoms with Gasteiger partial charge in [0.05, 0.1) is 16.3 Å². The lowest BCUT2D eigenvalue weighted by molar-refractivity contribution is -0.134. The molecule has 4 rings (SSSR count). The van der Waals surface area contributed by atoms with E-state index in [2.05, 4.69) is 15.4 Å². The molecule has 2 aromatic rings. The van der Waals surface area contributed by atoms with E-state index in [9.17, 15) is 27.9 Å². The number of rotatable bonds is 7. The summed E-state index contributed by atoms with van der Waals surface area (Å²) < 4.78 is 27.8. The molecule has 0 aromatic heterocycles. The highest BCUT2D eigenvalue weighted by molar-refractivity contribution is 7.92. The standard InChI is InChI=1S/C21H21ClN4O6S/c1-21(12-5-6-12)19(29)26(20(30)24-21)11-18(28)23-16-10-15(7-8-17(16)27)33(31,32)25-14-4-2-3-13(22)9-14/h2-4,7-10,12,25,27H,5-6,11H2,1H3,(H,23,28)(H,24,30). The van der Waals surface area contributed by atoms with Crippen molar-refractivity contribution in [3.63, 3.8) is 0 Å². The number of halogens is 1. The van der Waals surface area contributed by atoms with Crippen LogP contribution in [0.5, 0.6) is 5.75 Å². The molecular formula is C21H21ClN4O6S. The highest BCUT2D eigenvalue weighted by Crippen LogP contribution is 2.42. The van der Waals surface area contributed by atoms with Gasteiger partial charge in [-0.3, -0.25) is 19.2 Å². The van der Waals surface area contributed by atoms with E-state index in [-0.39, 0.29) is 27.9 Å². The number of sulfonamides is 1. The predicted octanol–water partition coefficient (Wildman–Crippen LogP) is 2.51. The van der Waals surface area contributed by atoms with E-state index in [1.54, 1.807) is 19.1 Å². The van der Waals surface area contributed by atoms with Crippen molar-refractivity contribution in [1.82, 2.24) is 10.2 Å². The Labute approximate surface area is 195 Å². The van der Waals surface area contributed by atoms with Gasteiger partial charge in [0, 0.05) is 5.02 Å². The molecule has 0 spiro atoms. The van der Waals surface area contributed by atoms with E-state index in [1.807, 2.05) is 0 Å². The summed E-state index contributed by atoms with van der Waals surface area (Å²) in [6.45, 7) is 1.06. The Morgan fingerprint density at radius 3 is 2.64 bits per heavy atom. The molecule has 2 aromatic carbocycles. The zero-order valence-corrected chi connectivity index (χ0v) is 19.0. The summed E-state index contributed by atoms with van der Waals surface area (Å²) >= 11 is 5.88. The van der Waals surface area contributed by atoms with Crippen molar-refractivity contribution in [3.8, 4) is 5.75 Å². The third-order valence-electron chi connectivity index (χ3n) is 5.63. The average molecular weight is 493 g/mol. The molecule has 1 aliphatic heterocycles. The highest BCUT2D eigenvalue weighted by atomic mass is 35.5. The van der Waals surface area contributed by atoms with Gasteiger partial charge < -0.3 is 15.7 Å². The van der Waals surface area contributed by atoms with Crippen LogP contribution in [0, 0.1) is 5.92 Å². The summed E-state index contributed by atoms with van der Waals surface area (Å²) in [4.78, 5) is 38.0. The van der Waals surface area contributed by atoms with Gasteiger partial charge in [0.25, 0.3) is 15.9 Å². The van der Waals surface area contributed by atoms with Crippen LogP contribution in [0.1, 0.15) is 19.8 Å². The van der Waals surface area contributed by atoms with Crippen LogP contribution < -0.4 is 15.4 Å². The number of amides is 4. The molecule has 174 valence electrons. The highest BCUT2D eigenvalue weighted by Gasteiger charge is 2.56. The fourth-order valence-electron chi connectivity index (χ4n) is 3.68. The topological polar surface area (TPSA) is 145 Å². The molecule has 12 heteroatoms. The number of nitrogens with one attached hydrogen (secondary N) is 3. The van der Waals surface area contributed by atoms with Crippen LogP contribution in [-0.2, 0) is 19.6 Å². The van der Waals surface area contributed by atoms with Crippen LogP contribution in [0.15, 0.2) is 47.4 Å². The molecule has 1 saturated heterocycles. The lowest BCUT2D eigenvalue weighted by Gasteiger charge is -2.20. The fourth-order valence-corrected chi connectivity index (χ4v) is 4.94. The molecule has 33 heavy (non-hydrogen) atoms. The average Bonchev–Trinajstić information content (AvgIpc) is 3.55. The lowest BCUT2D eigenvalue weighted by Crippen LogP contribution is -2.46. The summed E-state index contributed by atoms with van der Waals surface area (Å²) in [6.07, 6.45) is 1.64. The second kappa shape index (κ2) is 8.23. The zero-order chi connectivity index (χ0) is 24.0. The van der Waals surface area contributed by atoms with Crippen molar-refractivity contribution in [3.05, 3.63) is 47.5 Å². The molecule has 1 atom stereocenters. The summed E-state index contributed by atoms with van der Waals surface area (Å²) in [7, 11) is -4.06. The minimum absolute atomic E-state index is 0.0416. The molecule has 4 N–H and O–H groups in total. The van der Waals surface area contributed by atoms with Crippen LogP contribution in [0.25, 0.3) is 0 Å². The maximum atomic E-state index is 12.7. The summed E-state index contributed by atoms with van der Waals surface area (Å²) in [5.74, 6) is -1.60. The van der Waals surface area contributed by atoms with Gasteiger partial charge in [0.1, 0.15) is 17.8 Å². The van der Waals surface area contributed by atoms with Crippen molar-refractivity contribution < 1.29 is 27.9 Å². The number of carbonyl (C=O) groups excluding carboxylic acids is 3. The fraction of sp³-hybridized carbons (Fsp3) is 0.286. The van der Waals surface area contributed by atoms with Gasteiger partial charge in [-0.2, -0.15) is 0 Å². The SMILES string of the molecule is CC1(C2CC2)NC(=O)N(CC(=O)Nc2cc(S(=O)(=O)Nc3cccc(Cl)c3)ccc2O)C1=O.